The van der Waals surface area contributed by atoms with Crippen molar-refractivity contribution in [1.82, 2.24) is 0 Å². The highest BCUT2D eigenvalue weighted by Gasteiger charge is 2.29. The number of rotatable bonds is 6. The van der Waals surface area contributed by atoms with Crippen LogP contribution in [0.25, 0.3) is 0 Å². The number of carbonyl (C=O) groups excluding carboxylic acids is 1. The van der Waals surface area contributed by atoms with Crippen LogP contribution in [0.1, 0.15) is 206 Å². The fourth-order valence-corrected chi connectivity index (χ4v) is 6.89. The van der Waals surface area contributed by atoms with Crippen LogP contribution in [0, 0.1) is 5.41 Å². The molecule has 0 spiro atoms. The topological polar surface area (TPSA) is 46.5 Å². The molecule has 3 rings (SSSR count). The standard InChI is InChI=1S/C18H32O3.2C10H20/c1-16(2)17(20)21-15-13-18(12-14-19)10-8-6-4-3-5-7-9-11-18;2*1-2-4-6-8-10-9-7-5-3-1/h19H,1,3-15H2,2H3;2*1-10H2. The second-order valence-corrected chi connectivity index (χ2v) is 13.7. The van der Waals surface area contributed by atoms with Crippen LogP contribution in [0.4, 0.5) is 0 Å². The quantitative estimate of drug-likeness (QED) is 0.253. The molecule has 0 radical (unpaired) electrons. The minimum Gasteiger partial charge on any atom is -0.462 e. The van der Waals surface area contributed by atoms with Gasteiger partial charge < -0.3 is 9.84 Å². The van der Waals surface area contributed by atoms with Crippen LogP contribution in [-0.4, -0.2) is 24.3 Å². The number of hydrogen-bond acceptors (Lipinski definition) is 3. The molecule has 0 atom stereocenters. The molecule has 0 heterocycles. The maximum Gasteiger partial charge on any atom is 0.333 e. The van der Waals surface area contributed by atoms with Gasteiger partial charge in [0.1, 0.15) is 0 Å². The molecule has 41 heavy (non-hydrogen) atoms. The first-order valence-electron chi connectivity index (χ1n) is 18.5. The Bertz CT molecular complexity index is 502. The average molecular weight is 577 g/mol. The number of carbonyl (C=O) groups is 1. The van der Waals surface area contributed by atoms with E-state index in [1.807, 2.05) is 0 Å². The molecule has 0 bridgehead atoms. The molecule has 3 nitrogen and oxygen atoms in total. The largest absolute Gasteiger partial charge is 0.462 e. The summed E-state index contributed by atoms with van der Waals surface area (Å²) in [5.74, 6) is -0.297. The lowest BCUT2D eigenvalue weighted by molar-refractivity contribution is -0.139. The van der Waals surface area contributed by atoms with E-state index < -0.39 is 0 Å². The van der Waals surface area contributed by atoms with Gasteiger partial charge in [0.05, 0.1) is 6.61 Å². The highest BCUT2D eigenvalue weighted by molar-refractivity contribution is 5.86. The molecule has 0 aliphatic heterocycles. The van der Waals surface area contributed by atoms with Gasteiger partial charge in [0.15, 0.2) is 0 Å². The molecule has 3 fully saturated rings. The van der Waals surface area contributed by atoms with Crippen molar-refractivity contribution in [2.45, 2.75) is 206 Å². The SMILES string of the molecule is C1CCCCCCCCC1.C1CCCCCCCCC1.C=C(C)C(=O)OCCC1(CCO)CCCCCCCCC1. The van der Waals surface area contributed by atoms with E-state index in [0.717, 1.165) is 25.7 Å². The minimum absolute atomic E-state index is 0.154. The van der Waals surface area contributed by atoms with Gasteiger partial charge in [-0.2, -0.15) is 0 Å². The van der Waals surface area contributed by atoms with Crippen molar-refractivity contribution in [1.29, 1.82) is 0 Å². The van der Waals surface area contributed by atoms with Gasteiger partial charge in [0, 0.05) is 12.2 Å². The first kappa shape index (κ1) is 38.2. The van der Waals surface area contributed by atoms with Crippen LogP contribution in [0.15, 0.2) is 12.2 Å². The van der Waals surface area contributed by atoms with Gasteiger partial charge in [-0.25, -0.2) is 4.79 Å². The maximum atomic E-state index is 11.5. The summed E-state index contributed by atoms with van der Waals surface area (Å²) >= 11 is 0. The van der Waals surface area contributed by atoms with Gasteiger partial charge in [-0.05, 0) is 38.0 Å². The Morgan fingerprint density at radius 2 is 0.805 bits per heavy atom. The van der Waals surface area contributed by atoms with Gasteiger partial charge in [0.2, 0.25) is 0 Å². The number of aliphatic hydroxyl groups excluding tert-OH is 1. The zero-order chi connectivity index (χ0) is 29.7. The zero-order valence-corrected chi connectivity index (χ0v) is 27.8. The van der Waals surface area contributed by atoms with Gasteiger partial charge in [-0.3, -0.25) is 0 Å². The van der Waals surface area contributed by atoms with E-state index >= 15 is 0 Å². The number of aliphatic hydroxyl groups is 1. The molecule has 0 aromatic rings. The van der Waals surface area contributed by atoms with E-state index in [2.05, 4.69) is 6.58 Å². The van der Waals surface area contributed by atoms with E-state index in [0.29, 0.717) is 12.2 Å². The lowest BCUT2D eigenvalue weighted by atomic mass is 9.72. The summed E-state index contributed by atoms with van der Waals surface area (Å²) in [6.07, 6.45) is 43.1. The fourth-order valence-electron chi connectivity index (χ4n) is 6.89. The van der Waals surface area contributed by atoms with E-state index in [9.17, 15) is 9.90 Å². The molecular formula is C38H72O3. The molecular weight excluding hydrogens is 504 g/mol. The summed E-state index contributed by atoms with van der Waals surface area (Å²) < 4.78 is 5.29. The molecule has 3 aliphatic rings. The molecule has 3 aliphatic carbocycles. The van der Waals surface area contributed by atoms with Crippen molar-refractivity contribution < 1.29 is 14.6 Å². The fraction of sp³-hybridized carbons (Fsp3) is 0.921. The smallest absolute Gasteiger partial charge is 0.333 e. The lowest BCUT2D eigenvalue weighted by Crippen LogP contribution is -2.26. The molecule has 0 amide bonds. The van der Waals surface area contributed by atoms with Gasteiger partial charge >= 0.3 is 5.97 Å². The van der Waals surface area contributed by atoms with E-state index in [1.165, 1.54) is 173 Å². The Morgan fingerprint density at radius 1 is 0.537 bits per heavy atom. The normalized spacial score (nSPS) is 21.8. The second kappa shape index (κ2) is 28.0. The molecule has 1 N–H and O–H groups in total. The molecule has 0 aromatic carbocycles. The Hall–Kier alpha value is -0.830. The molecule has 3 saturated carbocycles. The Labute approximate surface area is 257 Å². The minimum atomic E-state index is -0.297. The van der Waals surface area contributed by atoms with Crippen molar-refractivity contribution in [3.63, 3.8) is 0 Å². The van der Waals surface area contributed by atoms with Crippen LogP contribution in [0.3, 0.4) is 0 Å². The van der Waals surface area contributed by atoms with Crippen molar-refractivity contribution in [3.8, 4) is 0 Å². The first-order chi connectivity index (χ1) is 20.1. The van der Waals surface area contributed by atoms with Crippen LogP contribution in [0.2, 0.25) is 0 Å². The summed E-state index contributed by atoms with van der Waals surface area (Å²) in [5.41, 5.74) is 0.610. The van der Waals surface area contributed by atoms with Crippen LogP contribution in [0.5, 0.6) is 0 Å². The Balaban J connectivity index is 0.000000348. The summed E-state index contributed by atoms with van der Waals surface area (Å²) in [4.78, 5) is 11.5. The lowest BCUT2D eigenvalue weighted by Gasteiger charge is -2.34. The van der Waals surface area contributed by atoms with Crippen LogP contribution >= 0.6 is 0 Å². The highest BCUT2D eigenvalue weighted by Crippen LogP contribution is 2.39. The number of hydrogen-bond donors (Lipinski definition) is 1. The predicted octanol–water partition coefficient (Wildman–Crippen LogP) is 12.2. The molecule has 0 saturated heterocycles. The van der Waals surface area contributed by atoms with Gasteiger partial charge in [-0.1, -0.05) is 180 Å². The van der Waals surface area contributed by atoms with Crippen molar-refractivity contribution in [2.24, 2.45) is 5.41 Å². The molecule has 0 aromatic heterocycles. The molecule has 3 heteroatoms. The third-order valence-corrected chi connectivity index (χ3v) is 9.77. The average Bonchev–Trinajstić information content (AvgIpc) is 2.99. The van der Waals surface area contributed by atoms with E-state index in [1.54, 1.807) is 6.92 Å². The highest BCUT2D eigenvalue weighted by atomic mass is 16.5. The third-order valence-electron chi connectivity index (χ3n) is 9.77. The number of ether oxygens (including phenoxy) is 1. The predicted molar refractivity (Wildman–Crippen MR) is 178 cm³/mol. The van der Waals surface area contributed by atoms with Crippen LogP contribution < -0.4 is 0 Å². The summed E-state index contributed by atoms with van der Waals surface area (Å²) in [6.45, 7) is 5.97. The Kier molecular flexibility index (Phi) is 26.1. The number of esters is 1. The van der Waals surface area contributed by atoms with Crippen LogP contribution in [-0.2, 0) is 9.53 Å². The molecule has 242 valence electrons. The van der Waals surface area contributed by atoms with Crippen molar-refractivity contribution in [2.75, 3.05) is 13.2 Å². The maximum absolute atomic E-state index is 11.5. The second-order valence-electron chi connectivity index (χ2n) is 13.7. The summed E-state index contributed by atoms with van der Waals surface area (Å²) in [5, 5.41) is 9.45. The summed E-state index contributed by atoms with van der Waals surface area (Å²) in [7, 11) is 0. The van der Waals surface area contributed by atoms with E-state index in [4.69, 9.17) is 4.74 Å². The molecule has 0 unspecified atom stereocenters. The van der Waals surface area contributed by atoms with E-state index in [-0.39, 0.29) is 18.0 Å². The monoisotopic (exact) mass is 577 g/mol. The van der Waals surface area contributed by atoms with Gasteiger partial charge in [-0.15, -0.1) is 0 Å². The first-order valence-corrected chi connectivity index (χ1v) is 18.5. The Morgan fingerprint density at radius 3 is 1.05 bits per heavy atom. The van der Waals surface area contributed by atoms with Gasteiger partial charge in [0.25, 0.3) is 0 Å². The third kappa shape index (κ3) is 23.3. The summed E-state index contributed by atoms with van der Waals surface area (Å²) in [6, 6.07) is 0. The van der Waals surface area contributed by atoms with Crippen molar-refractivity contribution in [3.05, 3.63) is 12.2 Å². The van der Waals surface area contributed by atoms with Crippen molar-refractivity contribution >= 4 is 5.97 Å². The zero-order valence-electron chi connectivity index (χ0n) is 27.8.